The van der Waals surface area contributed by atoms with Crippen LogP contribution in [-0.2, 0) is 11.3 Å². The van der Waals surface area contributed by atoms with E-state index in [1.54, 1.807) is 6.08 Å². The highest BCUT2D eigenvalue weighted by Crippen LogP contribution is 2.17. The fourth-order valence-electron chi connectivity index (χ4n) is 2.34. The van der Waals surface area contributed by atoms with Crippen molar-refractivity contribution in [1.82, 2.24) is 10.2 Å². The van der Waals surface area contributed by atoms with E-state index in [-0.39, 0.29) is 13.2 Å². The molecule has 22 heavy (non-hydrogen) atoms. The molecule has 0 aliphatic carbocycles. The number of amides is 2. The largest absolute Gasteiger partial charge is 0.465 e. The van der Waals surface area contributed by atoms with Crippen molar-refractivity contribution in [3.63, 3.8) is 0 Å². The first-order chi connectivity index (χ1) is 10.5. The van der Waals surface area contributed by atoms with E-state index in [1.165, 1.54) is 4.90 Å². The Morgan fingerprint density at radius 3 is 2.73 bits per heavy atom. The van der Waals surface area contributed by atoms with Crippen LogP contribution in [0.2, 0.25) is 0 Å². The van der Waals surface area contributed by atoms with E-state index in [9.17, 15) is 9.59 Å². The van der Waals surface area contributed by atoms with Crippen LogP contribution >= 0.6 is 0 Å². The molecular formula is C16H20N2O4. The number of benzene rings is 1. The van der Waals surface area contributed by atoms with E-state index in [2.05, 4.69) is 5.32 Å². The number of carbonyl (C=O) groups excluding carboxylic acids is 1. The molecule has 0 spiro atoms. The van der Waals surface area contributed by atoms with Crippen LogP contribution in [0.25, 0.3) is 0 Å². The number of nitrogens with zero attached hydrogens (tertiary/aromatic N) is 1. The molecule has 0 radical (unpaired) electrons. The lowest BCUT2D eigenvalue weighted by Gasteiger charge is -2.32. The lowest BCUT2D eigenvalue weighted by Crippen LogP contribution is -2.53. The summed E-state index contributed by atoms with van der Waals surface area (Å²) in [6.07, 6.45) is 2.66. The molecule has 0 bridgehead atoms. The smallest absolute Gasteiger partial charge is 0.407 e. The van der Waals surface area contributed by atoms with Crippen molar-refractivity contribution in [2.24, 2.45) is 0 Å². The predicted molar refractivity (Wildman–Crippen MR) is 81.5 cm³/mol. The third-order valence-corrected chi connectivity index (χ3v) is 3.49. The van der Waals surface area contributed by atoms with Gasteiger partial charge in [0.25, 0.3) is 0 Å². The molecular weight excluding hydrogens is 284 g/mol. The van der Waals surface area contributed by atoms with Gasteiger partial charge in [-0.3, -0.25) is 0 Å². The normalized spacial score (nSPS) is 21.0. The molecule has 0 saturated carbocycles. The number of carbonyl (C=O) groups is 2. The monoisotopic (exact) mass is 304 g/mol. The van der Waals surface area contributed by atoms with Crippen molar-refractivity contribution < 1.29 is 19.4 Å². The molecule has 6 heteroatoms. The Kier molecular flexibility index (Phi) is 5.04. The zero-order valence-electron chi connectivity index (χ0n) is 12.5. The summed E-state index contributed by atoms with van der Waals surface area (Å²) >= 11 is 0. The van der Waals surface area contributed by atoms with Gasteiger partial charge in [0.05, 0.1) is 5.54 Å². The summed E-state index contributed by atoms with van der Waals surface area (Å²) in [5.74, 6) is 0. The maximum atomic E-state index is 12.0. The summed E-state index contributed by atoms with van der Waals surface area (Å²) < 4.78 is 5.19. The summed E-state index contributed by atoms with van der Waals surface area (Å²) in [6, 6.07) is 9.38. The highest BCUT2D eigenvalue weighted by molar-refractivity contribution is 5.69. The first-order valence-corrected chi connectivity index (χ1v) is 7.10. The van der Waals surface area contributed by atoms with Gasteiger partial charge in [-0.25, -0.2) is 9.59 Å². The Balaban J connectivity index is 1.91. The quantitative estimate of drug-likeness (QED) is 0.841. The molecule has 6 nitrogen and oxygen atoms in total. The predicted octanol–water partition coefficient (Wildman–Crippen LogP) is 2.61. The number of nitrogens with one attached hydrogen (secondary N) is 1. The molecule has 0 saturated heterocycles. The Labute approximate surface area is 129 Å². The van der Waals surface area contributed by atoms with Crippen molar-refractivity contribution in [3.8, 4) is 0 Å². The van der Waals surface area contributed by atoms with E-state index in [4.69, 9.17) is 9.84 Å². The molecule has 1 atom stereocenters. The van der Waals surface area contributed by atoms with Gasteiger partial charge in [0.2, 0.25) is 0 Å². The second kappa shape index (κ2) is 6.98. The Morgan fingerprint density at radius 1 is 1.32 bits per heavy atom. The number of hydrogen-bond donors (Lipinski definition) is 2. The minimum absolute atomic E-state index is 0.182. The number of rotatable bonds is 3. The van der Waals surface area contributed by atoms with Crippen LogP contribution in [0, 0.1) is 0 Å². The Bertz CT molecular complexity index is 559. The molecule has 118 valence electrons. The molecule has 2 amide bonds. The fourth-order valence-corrected chi connectivity index (χ4v) is 2.34. The van der Waals surface area contributed by atoms with E-state index < -0.39 is 17.7 Å². The third kappa shape index (κ3) is 4.51. The molecule has 1 aromatic rings. The van der Waals surface area contributed by atoms with Crippen LogP contribution in [0.5, 0.6) is 0 Å². The van der Waals surface area contributed by atoms with Gasteiger partial charge in [-0.1, -0.05) is 42.5 Å². The molecule has 1 aliphatic heterocycles. The van der Waals surface area contributed by atoms with Crippen molar-refractivity contribution in [1.29, 1.82) is 0 Å². The highest BCUT2D eigenvalue weighted by Gasteiger charge is 2.31. The van der Waals surface area contributed by atoms with Crippen LogP contribution in [-0.4, -0.2) is 40.8 Å². The maximum Gasteiger partial charge on any atom is 0.407 e. The van der Waals surface area contributed by atoms with Crippen molar-refractivity contribution in [2.75, 3.05) is 13.1 Å². The zero-order chi connectivity index (χ0) is 16.0. The van der Waals surface area contributed by atoms with Gasteiger partial charge in [0.15, 0.2) is 0 Å². The highest BCUT2D eigenvalue weighted by atomic mass is 16.5. The summed E-state index contributed by atoms with van der Waals surface area (Å²) in [4.78, 5) is 24.4. The zero-order valence-corrected chi connectivity index (χ0v) is 12.5. The topological polar surface area (TPSA) is 78.9 Å². The van der Waals surface area contributed by atoms with Crippen molar-refractivity contribution >= 4 is 12.2 Å². The van der Waals surface area contributed by atoms with Crippen molar-refractivity contribution in [3.05, 3.63) is 48.0 Å². The van der Waals surface area contributed by atoms with Gasteiger partial charge in [-0.2, -0.15) is 0 Å². The lowest BCUT2D eigenvalue weighted by atomic mass is 9.98. The summed E-state index contributed by atoms with van der Waals surface area (Å²) in [6.45, 7) is 2.53. The molecule has 2 N–H and O–H groups in total. The van der Waals surface area contributed by atoms with Gasteiger partial charge in [0, 0.05) is 13.1 Å². The fraction of sp³-hybridized carbons (Fsp3) is 0.375. The second-order valence-corrected chi connectivity index (χ2v) is 5.59. The van der Waals surface area contributed by atoms with Gasteiger partial charge >= 0.3 is 12.2 Å². The van der Waals surface area contributed by atoms with E-state index in [0.717, 1.165) is 5.56 Å². The molecule has 0 aromatic heterocycles. The van der Waals surface area contributed by atoms with Crippen LogP contribution in [0.15, 0.2) is 42.5 Å². The summed E-state index contributed by atoms with van der Waals surface area (Å²) in [5, 5.41) is 11.9. The Morgan fingerprint density at radius 2 is 2.05 bits per heavy atom. The van der Waals surface area contributed by atoms with Gasteiger partial charge in [0.1, 0.15) is 6.61 Å². The number of hydrogen-bond acceptors (Lipinski definition) is 3. The summed E-state index contributed by atoms with van der Waals surface area (Å²) in [7, 11) is 0. The number of alkyl carbamates (subject to hydrolysis) is 1. The van der Waals surface area contributed by atoms with Gasteiger partial charge in [-0.05, 0) is 18.9 Å². The number of ether oxygens (including phenoxy) is 1. The average molecular weight is 304 g/mol. The van der Waals surface area contributed by atoms with E-state index in [0.29, 0.717) is 13.0 Å². The van der Waals surface area contributed by atoms with Crippen LogP contribution in [0.4, 0.5) is 9.59 Å². The molecule has 1 aromatic carbocycles. The van der Waals surface area contributed by atoms with Crippen molar-refractivity contribution in [2.45, 2.75) is 25.5 Å². The van der Waals surface area contributed by atoms with Gasteiger partial charge < -0.3 is 20.1 Å². The first kappa shape index (κ1) is 15.9. The maximum absolute atomic E-state index is 12.0. The standard InChI is InChI=1S/C16H20N2O4/c1-16(9-5-6-10-18(12-16)15(20)21)17-14(19)22-11-13-7-3-2-4-8-13/h2-8H,9-12H2,1H3,(H,17,19)(H,20,21)/t16-/m0/s1. The molecule has 0 fully saturated rings. The first-order valence-electron chi connectivity index (χ1n) is 7.10. The average Bonchev–Trinajstić information content (AvgIpc) is 2.68. The Hall–Kier alpha value is -2.50. The molecule has 0 unspecified atom stereocenters. The van der Waals surface area contributed by atoms with E-state index >= 15 is 0 Å². The third-order valence-electron chi connectivity index (χ3n) is 3.49. The minimum Gasteiger partial charge on any atom is -0.465 e. The minimum atomic E-state index is -1.00. The molecule has 1 aliphatic rings. The molecule has 1 heterocycles. The van der Waals surface area contributed by atoms with E-state index in [1.807, 2.05) is 43.3 Å². The molecule has 2 rings (SSSR count). The second-order valence-electron chi connectivity index (χ2n) is 5.59. The van der Waals surface area contributed by atoms with Gasteiger partial charge in [-0.15, -0.1) is 0 Å². The van der Waals surface area contributed by atoms with Crippen LogP contribution < -0.4 is 5.32 Å². The number of carboxylic acid groups (broad SMARTS) is 1. The summed E-state index contributed by atoms with van der Waals surface area (Å²) in [5.41, 5.74) is 0.217. The lowest BCUT2D eigenvalue weighted by molar-refractivity contribution is 0.113. The van der Waals surface area contributed by atoms with Crippen LogP contribution in [0.1, 0.15) is 18.9 Å². The van der Waals surface area contributed by atoms with Crippen LogP contribution in [0.3, 0.4) is 0 Å². The SMILES string of the molecule is C[C@]1(NC(=O)OCc2ccccc2)CC=CCN(C(=O)O)C1.